The molecule has 1 unspecified atom stereocenters. The second kappa shape index (κ2) is 68.7. The minimum atomic E-state index is -0.834. The Labute approximate surface area is 509 Å². The Morgan fingerprint density at radius 2 is 0.494 bits per heavy atom. The van der Waals surface area contributed by atoms with Gasteiger partial charge < -0.3 is 14.2 Å². The van der Waals surface area contributed by atoms with E-state index in [-0.39, 0.29) is 44.0 Å². The molecular weight excluding hydrogens is 1020 g/mol. The Bertz CT molecular complexity index is 1990. The average molecular weight is 1140 g/mol. The molecule has 0 aromatic heterocycles. The van der Waals surface area contributed by atoms with E-state index in [0.29, 0.717) is 12.8 Å². The van der Waals surface area contributed by atoms with Crippen molar-refractivity contribution in [3.05, 3.63) is 194 Å². The van der Waals surface area contributed by atoms with Gasteiger partial charge in [-0.25, -0.2) is 0 Å². The lowest BCUT2D eigenvalue weighted by Crippen LogP contribution is -2.30. The summed E-state index contributed by atoms with van der Waals surface area (Å²) < 4.78 is 16.8. The molecule has 0 spiro atoms. The third-order valence-corrected chi connectivity index (χ3v) is 13.1. The maximum Gasteiger partial charge on any atom is 0.306 e. The monoisotopic (exact) mass is 1140 g/mol. The van der Waals surface area contributed by atoms with Crippen molar-refractivity contribution in [3.8, 4) is 0 Å². The first kappa shape index (κ1) is 77.2. The highest BCUT2D eigenvalue weighted by atomic mass is 16.6. The molecule has 1 atom stereocenters. The maximum atomic E-state index is 12.9. The first-order chi connectivity index (χ1) is 41.0. The van der Waals surface area contributed by atoms with E-state index in [1.807, 2.05) is 12.2 Å². The normalized spacial score (nSPS) is 13.4. The largest absolute Gasteiger partial charge is 0.462 e. The third-order valence-electron chi connectivity index (χ3n) is 13.1. The summed E-state index contributed by atoms with van der Waals surface area (Å²) in [6, 6.07) is 0. The summed E-state index contributed by atoms with van der Waals surface area (Å²) in [5.41, 5.74) is 0. The number of allylic oxidation sites excluding steroid dienone is 32. The number of hydrogen-bond donors (Lipinski definition) is 0. The molecule has 0 aliphatic carbocycles. The number of hydrogen-bond acceptors (Lipinski definition) is 6. The van der Waals surface area contributed by atoms with Gasteiger partial charge in [-0.15, -0.1) is 0 Å². The average Bonchev–Trinajstić information content (AvgIpc) is 3.49. The van der Waals surface area contributed by atoms with Crippen LogP contribution in [0.1, 0.15) is 252 Å². The third kappa shape index (κ3) is 66.9. The van der Waals surface area contributed by atoms with Crippen LogP contribution in [0.25, 0.3) is 0 Å². The molecule has 0 aromatic carbocycles. The molecule has 6 nitrogen and oxygen atoms in total. The number of carbonyl (C=O) groups is 3. The van der Waals surface area contributed by atoms with Crippen LogP contribution in [0.15, 0.2) is 194 Å². The van der Waals surface area contributed by atoms with Gasteiger partial charge in [0.1, 0.15) is 13.2 Å². The van der Waals surface area contributed by atoms with Crippen LogP contribution in [-0.2, 0) is 28.6 Å². The predicted octanol–water partition coefficient (Wildman–Crippen LogP) is 23.0. The second-order valence-corrected chi connectivity index (χ2v) is 20.9. The molecule has 0 saturated carbocycles. The molecule has 0 aromatic rings. The van der Waals surface area contributed by atoms with Gasteiger partial charge >= 0.3 is 17.9 Å². The standard InChI is InChI=1S/C77H118O6/c1-4-7-10-13-16-19-22-25-27-29-30-31-32-33-34-35-36-37-38-39-40-41-42-43-44-45-46-48-49-52-55-58-61-64-67-70-76(79)82-73-74(72-81-75(78)69-66-63-60-57-54-51-24-21-18-15-12-9-6-3)83-77(80)71-68-65-62-59-56-53-50-47-28-26-23-20-17-14-11-8-5-2/h7,9-10,12,16-21,25-28,30-31,33-34,36-37,39-40,42-43,45-46,49,51-52,54,60,63,74H,4-6,8,11,13-15,22-24,29,32,35,38,41,44,47-48,50,53,55-59,61-62,64-73H2,1-3H3/b10-7-,12-9-,19-16-,20-17-,21-18-,27-25-,28-26-,31-30-,34-33-,37-36-,40-39-,43-42-,46-45-,52-49-,54-51-,63-60-. The van der Waals surface area contributed by atoms with Gasteiger partial charge in [-0.2, -0.15) is 0 Å². The van der Waals surface area contributed by atoms with Crippen molar-refractivity contribution in [2.24, 2.45) is 0 Å². The lowest BCUT2D eigenvalue weighted by Gasteiger charge is -2.18. The minimum Gasteiger partial charge on any atom is -0.462 e. The van der Waals surface area contributed by atoms with E-state index in [9.17, 15) is 14.4 Å². The Balaban J connectivity index is 4.40. The Hall–Kier alpha value is -5.75. The number of rotatable bonds is 57. The zero-order chi connectivity index (χ0) is 59.9. The van der Waals surface area contributed by atoms with Crippen LogP contribution >= 0.6 is 0 Å². The molecule has 0 N–H and O–H groups in total. The summed E-state index contributed by atoms with van der Waals surface area (Å²) in [5.74, 6) is -1.05. The van der Waals surface area contributed by atoms with Crippen LogP contribution in [0, 0.1) is 0 Å². The summed E-state index contributed by atoms with van der Waals surface area (Å²) in [5, 5.41) is 0. The second-order valence-electron chi connectivity index (χ2n) is 20.9. The van der Waals surface area contributed by atoms with Gasteiger partial charge in [0.25, 0.3) is 0 Å². The minimum absolute atomic E-state index is 0.126. The van der Waals surface area contributed by atoms with Crippen molar-refractivity contribution in [1.82, 2.24) is 0 Å². The Morgan fingerprint density at radius 1 is 0.253 bits per heavy atom. The van der Waals surface area contributed by atoms with Gasteiger partial charge in [-0.3, -0.25) is 14.4 Å². The summed E-state index contributed by atoms with van der Waals surface area (Å²) in [7, 11) is 0. The Kier molecular flexibility index (Phi) is 64.0. The van der Waals surface area contributed by atoms with Crippen molar-refractivity contribution in [2.75, 3.05) is 13.2 Å². The smallest absolute Gasteiger partial charge is 0.306 e. The maximum absolute atomic E-state index is 12.9. The van der Waals surface area contributed by atoms with Gasteiger partial charge in [0.05, 0.1) is 0 Å². The van der Waals surface area contributed by atoms with Crippen LogP contribution in [0.5, 0.6) is 0 Å². The van der Waals surface area contributed by atoms with E-state index in [1.165, 1.54) is 44.9 Å². The number of esters is 3. The molecular formula is C77H118O6. The molecule has 0 bridgehead atoms. The van der Waals surface area contributed by atoms with E-state index in [1.54, 1.807) is 0 Å². The zero-order valence-electron chi connectivity index (χ0n) is 52.9. The van der Waals surface area contributed by atoms with Crippen molar-refractivity contribution in [1.29, 1.82) is 0 Å². The van der Waals surface area contributed by atoms with Crippen LogP contribution < -0.4 is 0 Å². The van der Waals surface area contributed by atoms with E-state index in [0.717, 1.165) is 161 Å². The molecule has 0 saturated heterocycles. The molecule has 0 aliphatic rings. The molecule has 0 amide bonds. The fourth-order valence-corrected chi connectivity index (χ4v) is 8.22. The van der Waals surface area contributed by atoms with Crippen LogP contribution in [0.4, 0.5) is 0 Å². The van der Waals surface area contributed by atoms with Crippen molar-refractivity contribution < 1.29 is 28.6 Å². The van der Waals surface area contributed by atoms with E-state index < -0.39 is 6.10 Å². The number of carbonyl (C=O) groups excluding carboxylic acids is 3. The van der Waals surface area contributed by atoms with Gasteiger partial charge in [0, 0.05) is 19.3 Å². The number of ether oxygens (including phenoxy) is 3. The predicted molar refractivity (Wildman–Crippen MR) is 361 cm³/mol. The summed E-state index contributed by atoms with van der Waals surface area (Å²) in [6.45, 7) is 6.28. The molecule has 0 aliphatic heterocycles. The molecule has 0 rings (SSSR count). The van der Waals surface area contributed by atoms with Crippen LogP contribution in [-0.4, -0.2) is 37.2 Å². The highest BCUT2D eigenvalue weighted by Crippen LogP contribution is 2.13. The van der Waals surface area contributed by atoms with Gasteiger partial charge in [-0.05, 0) is 154 Å². The SMILES string of the molecule is CC/C=C\C/C=C\C/C=C\C/C=C\C/C=C\C/C=C\C/C=C\C/C=C\C/C=C\C/C=C\CCCCCCC(=O)OCC(COC(=O)CC/C=C\C/C=C\C/C=C\C/C=C\CC)OC(=O)CCCCCCCCC/C=C\C/C=C\CCCCC. The lowest BCUT2D eigenvalue weighted by atomic mass is 10.1. The quantitative estimate of drug-likeness (QED) is 0.0261. The van der Waals surface area contributed by atoms with Crippen LogP contribution in [0.3, 0.4) is 0 Å². The summed E-state index contributed by atoms with van der Waals surface area (Å²) >= 11 is 0. The molecule has 0 fully saturated rings. The van der Waals surface area contributed by atoms with Gasteiger partial charge in [0.15, 0.2) is 6.10 Å². The topological polar surface area (TPSA) is 78.9 Å². The van der Waals surface area contributed by atoms with Crippen molar-refractivity contribution in [2.45, 2.75) is 258 Å². The van der Waals surface area contributed by atoms with Gasteiger partial charge in [-0.1, -0.05) is 273 Å². The van der Waals surface area contributed by atoms with Crippen LogP contribution in [0.2, 0.25) is 0 Å². The zero-order valence-corrected chi connectivity index (χ0v) is 52.9. The van der Waals surface area contributed by atoms with Crippen molar-refractivity contribution >= 4 is 17.9 Å². The fourth-order valence-electron chi connectivity index (χ4n) is 8.22. The summed E-state index contributed by atoms with van der Waals surface area (Å²) in [6.07, 6.45) is 105. The first-order valence-corrected chi connectivity index (χ1v) is 32.9. The molecule has 0 radical (unpaired) electrons. The lowest BCUT2D eigenvalue weighted by molar-refractivity contribution is -0.166. The van der Waals surface area contributed by atoms with Crippen molar-refractivity contribution in [3.63, 3.8) is 0 Å². The molecule has 6 heteroatoms. The Morgan fingerprint density at radius 3 is 0.807 bits per heavy atom. The fraction of sp³-hybridized carbons (Fsp3) is 0.545. The molecule has 0 heterocycles. The highest BCUT2D eigenvalue weighted by Gasteiger charge is 2.19. The summed E-state index contributed by atoms with van der Waals surface area (Å²) in [4.78, 5) is 38.2. The molecule has 462 valence electrons. The van der Waals surface area contributed by atoms with Gasteiger partial charge in [0.2, 0.25) is 0 Å². The molecule has 83 heavy (non-hydrogen) atoms. The number of unbranched alkanes of at least 4 members (excludes halogenated alkanes) is 14. The van der Waals surface area contributed by atoms with E-state index >= 15 is 0 Å². The van der Waals surface area contributed by atoms with E-state index in [4.69, 9.17) is 14.2 Å². The first-order valence-electron chi connectivity index (χ1n) is 32.9. The van der Waals surface area contributed by atoms with E-state index in [2.05, 4.69) is 203 Å². The highest BCUT2D eigenvalue weighted by molar-refractivity contribution is 5.71.